The first kappa shape index (κ1) is 19.6. The van der Waals surface area contributed by atoms with E-state index in [2.05, 4.69) is 10.2 Å². The second-order valence-corrected chi connectivity index (χ2v) is 6.23. The Hall–Kier alpha value is -3.14. The number of carboxylic acids is 1. The molecule has 2 heterocycles. The number of benzene rings is 1. The summed E-state index contributed by atoms with van der Waals surface area (Å²) in [5, 5.41) is 16.0. The lowest BCUT2D eigenvalue weighted by Gasteiger charge is -2.32. The van der Waals surface area contributed by atoms with Gasteiger partial charge >= 0.3 is 12.1 Å². The lowest BCUT2D eigenvalue weighted by molar-refractivity contribution is -0.138. The summed E-state index contributed by atoms with van der Waals surface area (Å²) in [5.41, 5.74) is -1.88. The molecule has 1 aromatic carbocycles. The fraction of sp³-hybridized carbons (Fsp3) is 0.176. The first-order valence-corrected chi connectivity index (χ1v) is 8.21. The van der Waals surface area contributed by atoms with Gasteiger partial charge in [-0.3, -0.25) is 4.79 Å². The molecule has 28 heavy (non-hydrogen) atoms. The zero-order valence-electron chi connectivity index (χ0n) is 14.0. The second-order valence-electron chi connectivity index (χ2n) is 5.79. The molecule has 1 amide bonds. The Bertz CT molecular complexity index is 948. The second kappa shape index (κ2) is 7.47. The number of alkyl halides is 3. The van der Waals surface area contributed by atoms with Crippen molar-refractivity contribution in [2.24, 2.45) is 0 Å². The van der Waals surface area contributed by atoms with Crippen molar-refractivity contribution in [3.8, 4) is 0 Å². The molecule has 0 fully saturated rings. The van der Waals surface area contributed by atoms with E-state index < -0.39 is 29.2 Å². The molecule has 7 nitrogen and oxygen atoms in total. The van der Waals surface area contributed by atoms with Gasteiger partial charge in [0.1, 0.15) is 0 Å². The van der Waals surface area contributed by atoms with Crippen LogP contribution in [-0.2, 0) is 6.18 Å². The molecule has 1 aliphatic rings. The molecule has 1 aromatic heterocycles. The summed E-state index contributed by atoms with van der Waals surface area (Å²) in [6.07, 6.45) is -1.59. The van der Waals surface area contributed by atoms with Crippen LogP contribution in [0, 0.1) is 0 Å². The third-order valence-corrected chi connectivity index (χ3v) is 4.14. The standard InChI is InChI=1S/C17H12ClF3N4O3/c18-10-2-3-11(12(8-10)17(19,20)21)15(26)25-7-1-6-24(9-25)14-5-4-13(16(27)28)22-23-14/h1-6,8H,7,9H2,(H,27,28). The monoisotopic (exact) mass is 412 g/mol. The van der Waals surface area contributed by atoms with Crippen LogP contribution in [0.25, 0.3) is 0 Å². The average molecular weight is 413 g/mol. The van der Waals surface area contributed by atoms with Crippen molar-refractivity contribution in [3.63, 3.8) is 0 Å². The number of aromatic nitrogens is 2. The van der Waals surface area contributed by atoms with E-state index in [1.165, 1.54) is 28.0 Å². The van der Waals surface area contributed by atoms with Crippen molar-refractivity contribution < 1.29 is 27.9 Å². The maximum atomic E-state index is 13.3. The maximum absolute atomic E-state index is 13.3. The number of halogens is 4. The molecule has 0 bridgehead atoms. The van der Waals surface area contributed by atoms with Crippen LogP contribution in [0.5, 0.6) is 0 Å². The summed E-state index contributed by atoms with van der Waals surface area (Å²) in [6.45, 7) is 0.00620. The van der Waals surface area contributed by atoms with Crippen LogP contribution in [0.1, 0.15) is 26.4 Å². The molecule has 0 atom stereocenters. The molecule has 1 aliphatic heterocycles. The van der Waals surface area contributed by atoms with Crippen LogP contribution in [0.15, 0.2) is 42.6 Å². The van der Waals surface area contributed by atoms with Crippen molar-refractivity contribution in [2.45, 2.75) is 6.18 Å². The Labute approximate surface area is 161 Å². The molecular weight excluding hydrogens is 401 g/mol. The highest BCUT2D eigenvalue weighted by Gasteiger charge is 2.37. The zero-order valence-corrected chi connectivity index (χ0v) is 14.8. The van der Waals surface area contributed by atoms with Gasteiger partial charge in [-0.1, -0.05) is 11.6 Å². The number of hydrogen-bond donors (Lipinski definition) is 1. The number of carbonyl (C=O) groups is 2. The molecule has 1 N–H and O–H groups in total. The van der Waals surface area contributed by atoms with E-state index in [-0.39, 0.29) is 29.7 Å². The van der Waals surface area contributed by atoms with Crippen molar-refractivity contribution in [3.05, 3.63) is 64.5 Å². The van der Waals surface area contributed by atoms with E-state index in [1.807, 2.05) is 0 Å². The smallest absolute Gasteiger partial charge is 0.417 e. The van der Waals surface area contributed by atoms with Gasteiger partial charge in [-0.05, 0) is 36.4 Å². The average Bonchev–Trinajstić information content (AvgIpc) is 2.67. The lowest BCUT2D eigenvalue weighted by atomic mass is 10.1. The van der Waals surface area contributed by atoms with Gasteiger partial charge in [0, 0.05) is 17.8 Å². The SMILES string of the molecule is O=C(O)c1ccc(N2C=CCN(C(=O)c3ccc(Cl)cc3C(F)(F)F)C2)nn1. The van der Waals surface area contributed by atoms with Gasteiger partial charge in [0.05, 0.1) is 17.8 Å². The first-order valence-electron chi connectivity index (χ1n) is 7.83. The van der Waals surface area contributed by atoms with Crippen molar-refractivity contribution in [1.29, 1.82) is 0 Å². The zero-order chi connectivity index (χ0) is 20.5. The van der Waals surface area contributed by atoms with Crippen LogP contribution >= 0.6 is 11.6 Å². The molecule has 11 heteroatoms. The summed E-state index contributed by atoms with van der Waals surface area (Å²) < 4.78 is 39.8. The van der Waals surface area contributed by atoms with Crippen LogP contribution in [-0.4, -0.2) is 45.3 Å². The van der Waals surface area contributed by atoms with Gasteiger partial charge in [-0.15, -0.1) is 10.2 Å². The largest absolute Gasteiger partial charge is 0.476 e. The molecule has 2 aromatic rings. The number of amides is 1. The third kappa shape index (κ3) is 4.06. The van der Waals surface area contributed by atoms with Gasteiger partial charge in [0.2, 0.25) is 0 Å². The number of carbonyl (C=O) groups excluding carboxylic acids is 1. The number of aromatic carboxylic acids is 1. The van der Waals surface area contributed by atoms with E-state index >= 15 is 0 Å². The molecule has 3 rings (SSSR count). The molecule has 0 saturated heterocycles. The molecular formula is C17H12ClF3N4O3. The van der Waals surface area contributed by atoms with E-state index in [9.17, 15) is 22.8 Å². The molecule has 0 saturated carbocycles. The van der Waals surface area contributed by atoms with Gasteiger partial charge < -0.3 is 14.9 Å². The Morgan fingerprint density at radius 3 is 2.50 bits per heavy atom. The number of nitrogens with zero attached hydrogens (tertiary/aromatic N) is 4. The predicted molar refractivity (Wildman–Crippen MR) is 93.0 cm³/mol. The summed E-state index contributed by atoms with van der Waals surface area (Å²) in [5.74, 6) is -1.83. The minimum Gasteiger partial charge on any atom is -0.476 e. The minimum absolute atomic E-state index is 0.0869. The Morgan fingerprint density at radius 1 is 1.14 bits per heavy atom. The normalized spacial score (nSPS) is 14.3. The molecule has 0 spiro atoms. The highest BCUT2D eigenvalue weighted by molar-refractivity contribution is 6.30. The number of rotatable bonds is 3. The van der Waals surface area contributed by atoms with Crippen LogP contribution in [0.4, 0.5) is 19.0 Å². The number of carboxylic acid groups (broad SMARTS) is 1. The number of hydrogen-bond acceptors (Lipinski definition) is 5. The summed E-state index contributed by atoms with van der Waals surface area (Å²) in [4.78, 5) is 26.2. The quantitative estimate of drug-likeness (QED) is 0.832. The molecule has 0 aliphatic carbocycles. The van der Waals surface area contributed by atoms with Gasteiger partial charge in [0.15, 0.2) is 11.5 Å². The molecule has 146 valence electrons. The highest BCUT2D eigenvalue weighted by atomic mass is 35.5. The topological polar surface area (TPSA) is 86.6 Å². The molecule has 0 unspecified atom stereocenters. The Kier molecular flexibility index (Phi) is 5.23. The van der Waals surface area contributed by atoms with E-state index in [0.29, 0.717) is 6.07 Å². The van der Waals surface area contributed by atoms with E-state index in [0.717, 1.165) is 6.07 Å². The fourth-order valence-corrected chi connectivity index (χ4v) is 2.76. The Morgan fingerprint density at radius 2 is 1.89 bits per heavy atom. The van der Waals surface area contributed by atoms with Crippen LogP contribution < -0.4 is 4.90 Å². The van der Waals surface area contributed by atoms with Crippen LogP contribution in [0.2, 0.25) is 5.02 Å². The minimum atomic E-state index is -4.74. The van der Waals surface area contributed by atoms with Gasteiger partial charge in [-0.25, -0.2) is 4.79 Å². The molecule has 0 radical (unpaired) electrons. The fourth-order valence-electron chi connectivity index (χ4n) is 2.59. The van der Waals surface area contributed by atoms with Gasteiger partial charge in [0.25, 0.3) is 5.91 Å². The lowest BCUT2D eigenvalue weighted by Crippen LogP contribution is -2.43. The summed E-state index contributed by atoms with van der Waals surface area (Å²) in [7, 11) is 0. The predicted octanol–water partition coefficient (Wildman–Crippen LogP) is 3.28. The third-order valence-electron chi connectivity index (χ3n) is 3.90. The van der Waals surface area contributed by atoms with Crippen molar-refractivity contribution >= 4 is 29.3 Å². The van der Waals surface area contributed by atoms with Crippen molar-refractivity contribution in [1.82, 2.24) is 15.1 Å². The number of anilines is 1. The van der Waals surface area contributed by atoms with E-state index in [1.54, 1.807) is 12.3 Å². The van der Waals surface area contributed by atoms with Gasteiger partial charge in [-0.2, -0.15) is 13.2 Å². The highest BCUT2D eigenvalue weighted by Crippen LogP contribution is 2.34. The van der Waals surface area contributed by atoms with Crippen LogP contribution in [0.3, 0.4) is 0 Å². The first-order chi connectivity index (χ1) is 13.2. The Balaban J connectivity index is 1.85. The summed E-state index contributed by atoms with van der Waals surface area (Å²) >= 11 is 5.65. The summed E-state index contributed by atoms with van der Waals surface area (Å²) in [6, 6.07) is 5.59. The van der Waals surface area contributed by atoms with E-state index in [4.69, 9.17) is 16.7 Å². The van der Waals surface area contributed by atoms with Crippen molar-refractivity contribution in [2.75, 3.05) is 18.1 Å². The maximum Gasteiger partial charge on any atom is 0.417 e.